The van der Waals surface area contributed by atoms with Crippen LogP contribution in [0.1, 0.15) is 53.4 Å². The predicted octanol–water partition coefficient (Wildman–Crippen LogP) is 5.24. The molecule has 0 bridgehead atoms. The fraction of sp³-hybridized carbons (Fsp3) is 0.417. The molecule has 27 heavy (non-hydrogen) atoms. The summed E-state index contributed by atoms with van der Waals surface area (Å²) in [6.07, 6.45) is -0.169. The Morgan fingerprint density at radius 2 is 1.48 bits per heavy atom. The van der Waals surface area contributed by atoms with Gasteiger partial charge in [-0.15, -0.1) is 0 Å². The van der Waals surface area contributed by atoms with Gasteiger partial charge in [-0.25, -0.2) is 0 Å². The standard InChI is InChI=1S/C24H30O3/c1-15(2)23(22(25)21-17(4)12-16(3)13-18(21)5)27-24(26)19(6)14-20-10-8-7-9-11-20/h7-13,15,19,23H,14H2,1-6H3. The van der Waals surface area contributed by atoms with Crippen LogP contribution in [0.2, 0.25) is 0 Å². The molecule has 2 rings (SSSR count). The quantitative estimate of drug-likeness (QED) is 0.497. The molecule has 0 spiro atoms. The molecule has 0 saturated heterocycles. The van der Waals surface area contributed by atoms with Gasteiger partial charge in [-0.05, 0) is 49.8 Å². The highest BCUT2D eigenvalue weighted by Crippen LogP contribution is 2.23. The van der Waals surface area contributed by atoms with E-state index < -0.39 is 6.10 Å². The van der Waals surface area contributed by atoms with Crippen molar-refractivity contribution in [3.8, 4) is 0 Å². The first-order chi connectivity index (χ1) is 12.7. The second kappa shape index (κ2) is 8.98. The largest absolute Gasteiger partial charge is 0.453 e. The molecule has 0 aromatic heterocycles. The number of carbonyl (C=O) groups excluding carboxylic acids is 2. The lowest BCUT2D eigenvalue weighted by Crippen LogP contribution is -2.35. The van der Waals surface area contributed by atoms with Crippen molar-refractivity contribution in [1.29, 1.82) is 0 Å². The smallest absolute Gasteiger partial charge is 0.309 e. The van der Waals surface area contributed by atoms with Gasteiger partial charge in [0.2, 0.25) is 5.78 Å². The van der Waals surface area contributed by atoms with E-state index in [1.54, 1.807) is 0 Å². The minimum absolute atomic E-state index is 0.0921. The van der Waals surface area contributed by atoms with E-state index >= 15 is 0 Å². The summed E-state index contributed by atoms with van der Waals surface area (Å²) in [5, 5.41) is 0. The molecule has 0 heterocycles. The van der Waals surface area contributed by atoms with Crippen LogP contribution in [0.4, 0.5) is 0 Å². The van der Waals surface area contributed by atoms with Gasteiger partial charge in [-0.2, -0.15) is 0 Å². The maximum absolute atomic E-state index is 13.2. The molecule has 0 fully saturated rings. The van der Waals surface area contributed by atoms with E-state index in [0.717, 1.165) is 22.3 Å². The van der Waals surface area contributed by atoms with Crippen molar-refractivity contribution in [3.05, 3.63) is 70.3 Å². The second-order valence-corrected chi connectivity index (χ2v) is 7.83. The highest BCUT2D eigenvalue weighted by molar-refractivity contribution is 6.03. The van der Waals surface area contributed by atoms with Crippen LogP contribution in [-0.4, -0.2) is 17.9 Å². The first kappa shape index (κ1) is 20.9. The number of rotatable bonds is 7. The van der Waals surface area contributed by atoms with Crippen LogP contribution in [0.15, 0.2) is 42.5 Å². The van der Waals surface area contributed by atoms with E-state index in [1.165, 1.54) is 0 Å². The summed E-state index contributed by atoms with van der Waals surface area (Å²) in [5.41, 5.74) is 4.73. The van der Waals surface area contributed by atoms with Crippen LogP contribution in [0.5, 0.6) is 0 Å². The van der Waals surface area contributed by atoms with Gasteiger partial charge in [0.05, 0.1) is 5.92 Å². The normalized spacial score (nSPS) is 13.3. The summed E-state index contributed by atoms with van der Waals surface area (Å²) in [5.74, 6) is -0.833. The third kappa shape index (κ3) is 5.29. The SMILES string of the molecule is Cc1cc(C)c(C(=O)C(OC(=O)C(C)Cc2ccccc2)C(C)C)c(C)c1. The van der Waals surface area contributed by atoms with Crippen molar-refractivity contribution in [2.75, 3.05) is 0 Å². The molecule has 0 amide bonds. The Kier molecular flexibility index (Phi) is 6.95. The molecule has 3 nitrogen and oxygen atoms in total. The number of esters is 1. The van der Waals surface area contributed by atoms with Gasteiger partial charge in [0.25, 0.3) is 0 Å². The van der Waals surface area contributed by atoms with Crippen LogP contribution in [0.25, 0.3) is 0 Å². The highest BCUT2D eigenvalue weighted by atomic mass is 16.5. The number of hydrogen-bond donors (Lipinski definition) is 0. The summed E-state index contributed by atoms with van der Waals surface area (Å²) < 4.78 is 5.71. The molecule has 0 radical (unpaired) electrons. The molecule has 0 aliphatic heterocycles. The number of carbonyl (C=O) groups is 2. The van der Waals surface area contributed by atoms with Gasteiger partial charge >= 0.3 is 5.97 Å². The monoisotopic (exact) mass is 366 g/mol. The number of aryl methyl sites for hydroxylation is 3. The van der Waals surface area contributed by atoms with Crippen molar-refractivity contribution in [2.45, 2.75) is 54.1 Å². The lowest BCUT2D eigenvalue weighted by atomic mass is 9.90. The molecule has 2 atom stereocenters. The zero-order valence-corrected chi connectivity index (χ0v) is 17.2. The van der Waals surface area contributed by atoms with E-state index in [1.807, 2.05) is 84.0 Å². The van der Waals surface area contributed by atoms with E-state index in [9.17, 15) is 9.59 Å². The average Bonchev–Trinajstić information content (AvgIpc) is 2.58. The van der Waals surface area contributed by atoms with Crippen molar-refractivity contribution in [1.82, 2.24) is 0 Å². The van der Waals surface area contributed by atoms with Crippen molar-refractivity contribution >= 4 is 11.8 Å². The van der Waals surface area contributed by atoms with Gasteiger partial charge in [0.15, 0.2) is 6.10 Å². The Labute approximate surface area is 162 Å². The molecule has 3 heteroatoms. The first-order valence-electron chi connectivity index (χ1n) is 9.57. The van der Waals surface area contributed by atoms with Crippen LogP contribution < -0.4 is 0 Å². The maximum Gasteiger partial charge on any atom is 0.309 e. The van der Waals surface area contributed by atoms with E-state index in [0.29, 0.717) is 12.0 Å². The summed E-state index contributed by atoms with van der Waals surface area (Å²) in [4.78, 5) is 25.8. The number of benzene rings is 2. The Bertz CT molecular complexity index is 783. The van der Waals surface area contributed by atoms with Crippen molar-refractivity contribution < 1.29 is 14.3 Å². The van der Waals surface area contributed by atoms with Crippen molar-refractivity contribution in [3.63, 3.8) is 0 Å². The van der Waals surface area contributed by atoms with Crippen LogP contribution >= 0.6 is 0 Å². The van der Waals surface area contributed by atoms with E-state index in [-0.39, 0.29) is 23.6 Å². The van der Waals surface area contributed by atoms with Crippen molar-refractivity contribution in [2.24, 2.45) is 11.8 Å². The lowest BCUT2D eigenvalue weighted by molar-refractivity contribution is -0.153. The van der Waals surface area contributed by atoms with E-state index in [4.69, 9.17) is 4.74 Å². The Hall–Kier alpha value is -2.42. The zero-order valence-electron chi connectivity index (χ0n) is 17.2. The van der Waals surface area contributed by atoms with Crippen LogP contribution in [0.3, 0.4) is 0 Å². The van der Waals surface area contributed by atoms with Crippen LogP contribution in [0, 0.1) is 32.6 Å². The topological polar surface area (TPSA) is 43.4 Å². The number of Topliss-reactive ketones (excluding diaryl/α,β-unsaturated/α-hetero) is 1. The molecule has 0 aliphatic rings. The Morgan fingerprint density at radius 1 is 0.926 bits per heavy atom. The summed E-state index contributed by atoms with van der Waals surface area (Å²) >= 11 is 0. The molecular formula is C24H30O3. The lowest BCUT2D eigenvalue weighted by Gasteiger charge is -2.24. The zero-order chi connectivity index (χ0) is 20.1. The maximum atomic E-state index is 13.2. The molecule has 2 aromatic carbocycles. The van der Waals surface area contributed by atoms with Gasteiger partial charge in [0.1, 0.15) is 0 Å². The molecule has 2 aromatic rings. The summed E-state index contributed by atoms with van der Waals surface area (Å²) in [7, 11) is 0. The minimum Gasteiger partial charge on any atom is -0.453 e. The third-order valence-corrected chi connectivity index (χ3v) is 4.82. The average molecular weight is 367 g/mol. The van der Waals surface area contributed by atoms with Gasteiger partial charge in [-0.1, -0.05) is 68.8 Å². The first-order valence-corrected chi connectivity index (χ1v) is 9.57. The Morgan fingerprint density at radius 3 is 2.00 bits per heavy atom. The number of ketones is 1. The Balaban J connectivity index is 2.17. The fourth-order valence-electron chi connectivity index (χ4n) is 3.50. The fourth-order valence-corrected chi connectivity index (χ4v) is 3.50. The predicted molar refractivity (Wildman–Crippen MR) is 109 cm³/mol. The molecule has 144 valence electrons. The molecular weight excluding hydrogens is 336 g/mol. The molecule has 0 saturated carbocycles. The minimum atomic E-state index is -0.768. The van der Waals surface area contributed by atoms with Gasteiger partial charge in [-0.3, -0.25) is 9.59 Å². The number of hydrogen-bond acceptors (Lipinski definition) is 3. The highest BCUT2D eigenvalue weighted by Gasteiger charge is 2.31. The van der Waals surface area contributed by atoms with Gasteiger partial charge in [0, 0.05) is 5.56 Å². The third-order valence-electron chi connectivity index (χ3n) is 4.82. The molecule has 0 N–H and O–H groups in total. The molecule has 2 unspecified atom stereocenters. The van der Waals surface area contributed by atoms with E-state index in [2.05, 4.69) is 0 Å². The number of ether oxygens (including phenoxy) is 1. The summed E-state index contributed by atoms with van der Waals surface area (Å²) in [6.45, 7) is 11.6. The summed E-state index contributed by atoms with van der Waals surface area (Å²) in [6, 6.07) is 13.8. The van der Waals surface area contributed by atoms with Crippen LogP contribution in [-0.2, 0) is 16.0 Å². The van der Waals surface area contributed by atoms with Gasteiger partial charge < -0.3 is 4.74 Å². The second-order valence-electron chi connectivity index (χ2n) is 7.83. The molecule has 0 aliphatic carbocycles.